The number of carbonyl (C=O) groups is 2. The van der Waals surface area contributed by atoms with Gasteiger partial charge in [0.1, 0.15) is 0 Å². The molecular formula is C22H18N4O6. The predicted octanol–water partition coefficient (Wildman–Crippen LogP) is 3.33. The largest absolute Gasteiger partial charge is 0.504 e. The number of ether oxygens (including phenoxy) is 1. The van der Waals surface area contributed by atoms with Gasteiger partial charge in [-0.1, -0.05) is 0 Å². The van der Waals surface area contributed by atoms with Crippen molar-refractivity contribution in [2.75, 3.05) is 12.4 Å². The maximum atomic E-state index is 12.3. The predicted molar refractivity (Wildman–Crippen MR) is 117 cm³/mol. The number of hydrazone groups is 1. The van der Waals surface area contributed by atoms with Crippen molar-refractivity contribution in [2.24, 2.45) is 5.10 Å². The van der Waals surface area contributed by atoms with Gasteiger partial charge in [0, 0.05) is 28.9 Å². The highest BCUT2D eigenvalue weighted by Gasteiger charge is 2.10. The Balaban J connectivity index is 1.58. The molecule has 3 rings (SSSR count). The van der Waals surface area contributed by atoms with Gasteiger partial charge in [-0.3, -0.25) is 19.7 Å². The summed E-state index contributed by atoms with van der Waals surface area (Å²) < 4.78 is 5.01. The van der Waals surface area contributed by atoms with Crippen molar-refractivity contribution in [3.05, 3.63) is 93.5 Å². The van der Waals surface area contributed by atoms with E-state index in [1.54, 1.807) is 24.3 Å². The highest BCUT2D eigenvalue weighted by Crippen LogP contribution is 2.25. The summed E-state index contributed by atoms with van der Waals surface area (Å²) in [7, 11) is 1.43. The summed E-state index contributed by atoms with van der Waals surface area (Å²) in [5, 5.41) is 26.8. The minimum absolute atomic E-state index is 0.00514. The van der Waals surface area contributed by atoms with Crippen LogP contribution in [-0.4, -0.2) is 35.2 Å². The Morgan fingerprint density at radius 3 is 2.25 bits per heavy atom. The number of hydrogen-bond acceptors (Lipinski definition) is 7. The van der Waals surface area contributed by atoms with Crippen molar-refractivity contribution in [1.82, 2.24) is 5.43 Å². The van der Waals surface area contributed by atoms with E-state index in [0.29, 0.717) is 16.8 Å². The topological polar surface area (TPSA) is 143 Å². The molecule has 0 saturated heterocycles. The lowest BCUT2D eigenvalue weighted by Gasteiger charge is -2.06. The van der Waals surface area contributed by atoms with Gasteiger partial charge in [-0.05, 0) is 60.2 Å². The fourth-order valence-electron chi connectivity index (χ4n) is 2.65. The summed E-state index contributed by atoms with van der Waals surface area (Å²) in [5.74, 6) is -0.618. The molecule has 0 saturated carbocycles. The van der Waals surface area contributed by atoms with Crippen LogP contribution >= 0.6 is 0 Å². The molecule has 0 aromatic heterocycles. The van der Waals surface area contributed by atoms with E-state index in [2.05, 4.69) is 15.8 Å². The highest BCUT2D eigenvalue weighted by molar-refractivity contribution is 6.04. The van der Waals surface area contributed by atoms with Crippen LogP contribution < -0.4 is 15.5 Å². The smallest absolute Gasteiger partial charge is 0.271 e. The van der Waals surface area contributed by atoms with Crippen LogP contribution in [0.5, 0.6) is 11.5 Å². The van der Waals surface area contributed by atoms with Crippen LogP contribution in [0.2, 0.25) is 0 Å². The van der Waals surface area contributed by atoms with Crippen LogP contribution in [0, 0.1) is 10.1 Å². The first-order valence-corrected chi connectivity index (χ1v) is 9.23. The van der Waals surface area contributed by atoms with E-state index in [-0.39, 0.29) is 22.7 Å². The number of phenols is 1. The van der Waals surface area contributed by atoms with Crippen molar-refractivity contribution in [1.29, 1.82) is 0 Å². The van der Waals surface area contributed by atoms with Gasteiger partial charge in [-0.2, -0.15) is 5.10 Å². The normalized spacial score (nSPS) is 10.5. The third-order valence-corrected chi connectivity index (χ3v) is 4.33. The summed E-state index contributed by atoms with van der Waals surface area (Å²) >= 11 is 0. The van der Waals surface area contributed by atoms with Gasteiger partial charge < -0.3 is 15.2 Å². The number of non-ortho nitro benzene ring substituents is 1. The van der Waals surface area contributed by atoms with Crippen molar-refractivity contribution >= 4 is 29.4 Å². The molecule has 0 unspecified atom stereocenters. The molecule has 0 radical (unpaired) electrons. The van der Waals surface area contributed by atoms with Crippen LogP contribution in [0.3, 0.4) is 0 Å². The third-order valence-electron chi connectivity index (χ3n) is 4.33. The molecule has 0 bridgehead atoms. The van der Waals surface area contributed by atoms with Crippen molar-refractivity contribution in [3.8, 4) is 11.5 Å². The van der Waals surface area contributed by atoms with Gasteiger partial charge in [0.15, 0.2) is 11.5 Å². The van der Waals surface area contributed by atoms with Crippen LogP contribution in [0.25, 0.3) is 0 Å². The molecule has 32 heavy (non-hydrogen) atoms. The molecule has 3 N–H and O–H groups in total. The summed E-state index contributed by atoms with van der Waals surface area (Å²) in [6.45, 7) is 0. The van der Waals surface area contributed by atoms with Crippen molar-refractivity contribution in [3.63, 3.8) is 0 Å². The van der Waals surface area contributed by atoms with E-state index in [4.69, 9.17) is 4.74 Å². The highest BCUT2D eigenvalue weighted by atomic mass is 16.6. The number of nitrogens with zero attached hydrogens (tertiary/aromatic N) is 2. The Hall–Kier alpha value is -4.73. The number of aromatic hydroxyl groups is 1. The summed E-state index contributed by atoms with van der Waals surface area (Å²) in [5.41, 5.74) is 3.92. The lowest BCUT2D eigenvalue weighted by atomic mass is 10.1. The van der Waals surface area contributed by atoms with Gasteiger partial charge in [-0.25, -0.2) is 5.43 Å². The Bertz CT molecular complexity index is 1170. The van der Waals surface area contributed by atoms with E-state index >= 15 is 0 Å². The molecule has 10 nitrogen and oxygen atoms in total. The molecule has 0 aliphatic carbocycles. The Kier molecular flexibility index (Phi) is 6.76. The molecule has 0 aliphatic heterocycles. The summed E-state index contributed by atoms with van der Waals surface area (Å²) in [4.78, 5) is 34.6. The van der Waals surface area contributed by atoms with Crippen molar-refractivity contribution in [2.45, 2.75) is 0 Å². The average molecular weight is 434 g/mol. The maximum absolute atomic E-state index is 12.3. The van der Waals surface area contributed by atoms with Gasteiger partial charge in [0.2, 0.25) is 0 Å². The van der Waals surface area contributed by atoms with E-state index in [0.717, 1.165) is 0 Å². The minimum atomic E-state index is -0.545. The summed E-state index contributed by atoms with van der Waals surface area (Å²) in [6.07, 6.45) is 1.40. The quantitative estimate of drug-likeness (QED) is 0.296. The lowest BCUT2D eigenvalue weighted by molar-refractivity contribution is -0.384. The molecule has 0 heterocycles. The fraction of sp³-hybridized carbons (Fsp3) is 0.0455. The first kappa shape index (κ1) is 22.0. The molecule has 3 aromatic carbocycles. The first-order chi connectivity index (χ1) is 15.4. The number of hydrogen-bond donors (Lipinski definition) is 3. The monoisotopic (exact) mass is 434 g/mol. The second-order valence-electron chi connectivity index (χ2n) is 6.47. The summed E-state index contributed by atoms with van der Waals surface area (Å²) in [6, 6.07) is 16.0. The Morgan fingerprint density at radius 1 is 1.00 bits per heavy atom. The molecule has 10 heteroatoms. The molecule has 162 valence electrons. The van der Waals surface area contributed by atoms with Crippen LogP contribution in [-0.2, 0) is 0 Å². The number of rotatable bonds is 7. The zero-order valence-corrected chi connectivity index (χ0v) is 16.8. The van der Waals surface area contributed by atoms with E-state index < -0.39 is 16.7 Å². The number of nitrogens with one attached hydrogen (secondary N) is 2. The number of nitro benzene ring substituents is 1. The number of benzene rings is 3. The minimum Gasteiger partial charge on any atom is -0.504 e. The number of anilines is 1. The standard InChI is InChI=1S/C22H18N4O6/c1-32-20-12-14(2-11-19(20)27)13-23-25-22(29)16-3-7-17(8-4-16)24-21(28)15-5-9-18(10-6-15)26(30)31/h2-13,27H,1H3,(H,24,28)(H,25,29)/b23-13-. The number of carbonyl (C=O) groups excluding carboxylic acids is 2. The SMILES string of the molecule is COc1cc(/C=N\NC(=O)c2ccc(NC(=O)c3ccc([N+](=O)[O-])cc3)cc2)ccc1O. The zero-order chi connectivity index (χ0) is 23.1. The molecule has 0 atom stereocenters. The Labute approximate surface area is 182 Å². The van der Waals surface area contributed by atoms with Gasteiger partial charge in [-0.15, -0.1) is 0 Å². The second kappa shape index (κ2) is 9.85. The van der Waals surface area contributed by atoms with Crippen LogP contribution in [0.4, 0.5) is 11.4 Å². The molecule has 0 spiro atoms. The van der Waals surface area contributed by atoms with Crippen LogP contribution in [0.15, 0.2) is 71.8 Å². The average Bonchev–Trinajstić information content (AvgIpc) is 2.80. The first-order valence-electron chi connectivity index (χ1n) is 9.23. The Morgan fingerprint density at radius 2 is 1.62 bits per heavy atom. The molecule has 3 aromatic rings. The molecule has 0 aliphatic rings. The van der Waals surface area contributed by atoms with Gasteiger partial charge in [0.05, 0.1) is 18.2 Å². The van der Waals surface area contributed by atoms with E-state index in [9.17, 15) is 24.8 Å². The second-order valence-corrected chi connectivity index (χ2v) is 6.47. The van der Waals surface area contributed by atoms with Gasteiger partial charge >= 0.3 is 0 Å². The van der Waals surface area contributed by atoms with Crippen LogP contribution in [0.1, 0.15) is 26.3 Å². The zero-order valence-electron chi connectivity index (χ0n) is 16.8. The van der Waals surface area contributed by atoms with Crippen molar-refractivity contribution < 1.29 is 24.4 Å². The number of phenolic OH excluding ortho intramolecular Hbond substituents is 1. The number of nitro groups is 1. The van der Waals surface area contributed by atoms with E-state index in [1.807, 2.05) is 0 Å². The van der Waals surface area contributed by atoms with Gasteiger partial charge in [0.25, 0.3) is 17.5 Å². The molecular weight excluding hydrogens is 416 g/mol. The van der Waals surface area contributed by atoms with E-state index in [1.165, 1.54) is 55.8 Å². The maximum Gasteiger partial charge on any atom is 0.271 e. The lowest BCUT2D eigenvalue weighted by Crippen LogP contribution is -2.17. The molecule has 0 fully saturated rings. The third kappa shape index (κ3) is 5.45. The number of amides is 2. The number of methoxy groups -OCH3 is 1. The molecule has 2 amide bonds. The fourth-order valence-corrected chi connectivity index (χ4v) is 2.65.